The van der Waals surface area contributed by atoms with E-state index in [1.54, 1.807) is 6.20 Å². The third-order valence-corrected chi connectivity index (χ3v) is 4.79. The molecule has 7 heteroatoms. The van der Waals surface area contributed by atoms with Crippen LogP contribution in [0.4, 0.5) is 0 Å². The average molecular weight is 407 g/mol. The molecule has 2 N–H and O–H groups in total. The van der Waals surface area contributed by atoms with Crippen LogP contribution in [0.2, 0.25) is 0 Å². The minimum atomic E-state index is 0.533. The van der Waals surface area contributed by atoms with Crippen LogP contribution in [-0.4, -0.2) is 57.1 Å². The Balaban J connectivity index is 1.70. The van der Waals surface area contributed by atoms with Gasteiger partial charge in [-0.1, -0.05) is 19.4 Å². The summed E-state index contributed by atoms with van der Waals surface area (Å²) < 4.78 is 17.0. The van der Waals surface area contributed by atoms with E-state index in [1.807, 2.05) is 12.1 Å². The molecule has 2 heterocycles. The van der Waals surface area contributed by atoms with Gasteiger partial charge in [0, 0.05) is 51.3 Å². The number of unbranched alkanes of at least 4 members (excludes halogenated alkanes) is 1. The fourth-order valence-corrected chi connectivity index (χ4v) is 3.04. The Morgan fingerprint density at radius 3 is 2.86 bits per heavy atom. The summed E-state index contributed by atoms with van der Waals surface area (Å²) in [5.74, 6) is 2.14. The van der Waals surface area contributed by atoms with Crippen LogP contribution in [0.15, 0.2) is 23.3 Å². The fraction of sp³-hybridized carbons (Fsp3) is 0.727. The first-order valence-electron chi connectivity index (χ1n) is 11.1. The van der Waals surface area contributed by atoms with Crippen molar-refractivity contribution >= 4 is 5.96 Å². The average Bonchev–Trinajstić information content (AvgIpc) is 2.76. The van der Waals surface area contributed by atoms with Crippen LogP contribution >= 0.6 is 0 Å². The molecule has 1 aliphatic heterocycles. The summed E-state index contributed by atoms with van der Waals surface area (Å²) in [7, 11) is 0. The second-order valence-corrected chi connectivity index (χ2v) is 7.28. The van der Waals surface area contributed by atoms with Crippen LogP contribution in [0.3, 0.4) is 0 Å². The maximum Gasteiger partial charge on any atom is 0.218 e. The monoisotopic (exact) mass is 406 g/mol. The minimum absolute atomic E-state index is 0.533. The molecule has 0 bridgehead atoms. The first-order valence-corrected chi connectivity index (χ1v) is 11.1. The van der Waals surface area contributed by atoms with Crippen molar-refractivity contribution < 1.29 is 14.2 Å². The number of hydrogen-bond donors (Lipinski definition) is 2. The highest BCUT2D eigenvalue weighted by Gasteiger charge is 2.13. The molecule has 29 heavy (non-hydrogen) atoms. The summed E-state index contributed by atoms with van der Waals surface area (Å²) in [5, 5.41) is 6.67. The van der Waals surface area contributed by atoms with Gasteiger partial charge in [-0.25, -0.2) is 9.98 Å². The molecular formula is C22H38N4O3. The number of ether oxygens (including phenoxy) is 3. The largest absolute Gasteiger partial charge is 0.477 e. The van der Waals surface area contributed by atoms with Gasteiger partial charge in [0.15, 0.2) is 5.96 Å². The molecule has 0 aromatic carbocycles. The summed E-state index contributed by atoms with van der Waals surface area (Å²) in [6.45, 7) is 10.4. The van der Waals surface area contributed by atoms with E-state index in [0.29, 0.717) is 24.9 Å². The number of aromatic nitrogens is 1. The molecule has 164 valence electrons. The zero-order chi connectivity index (χ0) is 20.6. The molecule has 7 nitrogen and oxygen atoms in total. The van der Waals surface area contributed by atoms with Crippen molar-refractivity contribution in [3.63, 3.8) is 0 Å². The van der Waals surface area contributed by atoms with Crippen LogP contribution in [0.25, 0.3) is 0 Å². The number of guanidine groups is 1. The number of rotatable bonds is 13. The zero-order valence-electron chi connectivity index (χ0n) is 18.1. The molecule has 1 aromatic heterocycles. The third-order valence-electron chi connectivity index (χ3n) is 4.79. The Bertz CT molecular complexity index is 577. The Hall–Kier alpha value is -1.86. The number of nitrogens with zero attached hydrogens (tertiary/aromatic N) is 2. The Morgan fingerprint density at radius 2 is 2.07 bits per heavy atom. The zero-order valence-corrected chi connectivity index (χ0v) is 18.1. The van der Waals surface area contributed by atoms with E-state index in [-0.39, 0.29) is 0 Å². The van der Waals surface area contributed by atoms with E-state index >= 15 is 0 Å². The van der Waals surface area contributed by atoms with E-state index in [9.17, 15) is 0 Å². The SMILES string of the molecule is CCCCOc1ncccc1CN=C(NCC)NCCCOCC1CCOCC1. The quantitative estimate of drug-likeness (QED) is 0.298. The molecule has 0 amide bonds. The normalized spacial score (nSPS) is 15.3. The Morgan fingerprint density at radius 1 is 1.21 bits per heavy atom. The lowest BCUT2D eigenvalue weighted by Gasteiger charge is -2.21. The van der Waals surface area contributed by atoms with Crippen molar-refractivity contribution in [1.82, 2.24) is 15.6 Å². The van der Waals surface area contributed by atoms with Gasteiger partial charge in [0.1, 0.15) is 0 Å². The maximum atomic E-state index is 5.83. The van der Waals surface area contributed by atoms with Gasteiger partial charge in [-0.3, -0.25) is 0 Å². The first kappa shape index (κ1) is 23.4. The standard InChI is InChI=1S/C22H38N4O3/c1-3-5-14-29-21-20(8-6-11-24-21)17-26-22(23-4-2)25-12-7-13-28-18-19-9-15-27-16-10-19/h6,8,11,19H,3-5,7,9-10,12-18H2,1-2H3,(H2,23,25,26). The van der Waals surface area contributed by atoms with Crippen LogP contribution in [0.1, 0.15) is 51.5 Å². The van der Waals surface area contributed by atoms with Crippen molar-refractivity contribution in [3.05, 3.63) is 23.9 Å². The van der Waals surface area contributed by atoms with Gasteiger partial charge in [0.2, 0.25) is 5.88 Å². The summed E-state index contributed by atoms with van der Waals surface area (Å²) in [6.07, 6.45) is 7.08. The number of aliphatic imine (C=N–C) groups is 1. The predicted molar refractivity (Wildman–Crippen MR) is 116 cm³/mol. The molecule has 0 unspecified atom stereocenters. The lowest BCUT2D eigenvalue weighted by atomic mass is 10.0. The van der Waals surface area contributed by atoms with Crippen LogP contribution in [0, 0.1) is 5.92 Å². The number of hydrogen-bond acceptors (Lipinski definition) is 5. The van der Waals surface area contributed by atoms with E-state index in [1.165, 1.54) is 0 Å². The first-order chi connectivity index (χ1) is 14.3. The predicted octanol–water partition coefficient (Wildman–Crippen LogP) is 3.15. The van der Waals surface area contributed by atoms with Crippen molar-refractivity contribution in [3.8, 4) is 5.88 Å². The van der Waals surface area contributed by atoms with E-state index in [0.717, 1.165) is 83.1 Å². The summed E-state index contributed by atoms with van der Waals surface area (Å²) >= 11 is 0. The Labute approximate surface area is 175 Å². The van der Waals surface area contributed by atoms with Crippen LogP contribution in [-0.2, 0) is 16.0 Å². The highest BCUT2D eigenvalue weighted by molar-refractivity contribution is 5.79. The maximum absolute atomic E-state index is 5.83. The summed E-state index contributed by atoms with van der Waals surface area (Å²) in [5.41, 5.74) is 1.00. The molecule has 1 aromatic rings. The molecule has 0 radical (unpaired) electrons. The van der Waals surface area contributed by atoms with Gasteiger partial charge in [0.05, 0.1) is 13.2 Å². The van der Waals surface area contributed by atoms with E-state index < -0.39 is 0 Å². The summed E-state index contributed by atoms with van der Waals surface area (Å²) in [4.78, 5) is 9.04. The second kappa shape index (κ2) is 15.0. The molecule has 1 fully saturated rings. The molecule has 2 rings (SSSR count). The highest BCUT2D eigenvalue weighted by Crippen LogP contribution is 2.16. The Kier molecular flexibility index (Phi) is 12.1. The van der Waals surface area contributed by atoms with Gasteiger partial charge in [-0.2, -0.15) is 0 Å². The fourth-order valence-electron chi connectivity index (χ4n) is 3.04. The third kappa shape index (κ3) is 9.94. The van der Waals surface area contributed by atoms with Crippen LogP contribution in [0.5, 0.6) is 5.88 Å². The number of nitrogens with one attached hydrogen (secondary N) is 2. The highest BCUT2D eigenvalue weighted by atomic mass is 16.5. The van der Waals surface area contributed by atoms with Gasteiger partial charge in [-0.15, -0.1) is 0 Å². The van der Waals surface area contributed by atoms with Gasteiger partial charge in [0.25, 0.3) is 0 Å². The molecule has 0 saturated carbocycles. The van der Waals surface area contributed by atoms with E-state index in [4.69, 9.17) is 14.2 Å². The minimum Gasteiger partial charge on any atom is -0.477 e. The van der Waals surface area contributed by atoms with Crippen molar-refractivity contribution in [2.45, 2.75) is 52.5 Å². The van der Waals surface area contributed by atoms with Crippen molar-refractivity contribution in [2.75, 3.05) is 46.1 Å². The molecule has 1 saturated heterocycles. The van der Waals surface area contributed by atoms with Crippen molar-refractivity contribution in [1.29, 1.82) is 0 Å². The van der Waals surface area contributed by atoms with E-state index in [2.05, 4.69) is 34.5 Å². The lowest BCUT2D eigenvalue weighted by Crippen LogP contribution is -2.38. The van der Waals surface area contributed by atoms with Crippen molar-refractivity contribution in [2.24, 2.45) is 10.9 Å². The van der Waals surface area contributed by atoms with Gasteiger partial charge >= 0.3 is 0 Å². The summed E-state index contributed by atoms with van der Waals surface area (Å²) in [6, 6.07) is 3.94. The van der Waals surface area contributed by atoms with Crippen LogP contribution < -0.4 is 15.4 Å². The smallest absolute Gasteiger partial charge is 0.218 e. The molecule has 0 aliphatic carbocycles. The molecule has 0 atom stereocenters. The molecule has 0 spiro atoms. The number of pyridine rings is 1. The molecular weight excluding hydrogens is 368 g/mol. The van der Waals surface area contributed by atoms with Gasteiger partial charge < -0.3 is 24.8 Å². The van der Waals surface area contributed by atoms with Gasteiger partial charge in [-0.05, 0) is 44.6 Å². The lowest BCUT2D eigenvalue weighted by molar-refractivity contribution is 0.0203. The molecule has 1 aliphatic rings. The topological polar surface area (TPSA) is 77.0 Å². The second-order valence-electron chi connectivity index (χ2n) is 7.28.